The van der Waals surface area contributed by atoms with Gasteiger partial charge in [-0.05, 0) is 63.4 Å². The van der Waals surface area contributed by atoms with Crippen molar-refractivity contribution in [1.29, 1.82) is 0 Å². The summed E-state index contributed by atoms with van der Waals surface area (Å²) in [5.41, 5.74) is 3.13. The number of amides is 1. The Bertz CT molecular complexity index is 1040. The normalized spacial score (nSPS) is 14.2. The highest BCUT2D eigenvalue weighted by molar-refractivity contribution is 5.94. The molecule has 7 nitrogen and oxygen atoms in total. The van der Waals surface area contributed by atoms with E-state index in [2.05, 4.69) is 15.6 Å². The van der Waals surface area contributed by atoms with Crippen LogP contribution in [-0.4, -0.2) is 34.1 Å². The summed E-state index contributed by atoms with van der Waals surface area (Å²) in [7, 11) is 0. The molecule has 0 saturated heterocycles. The second-order valence-corrected chi connectivity index (χ2v) is 7.61. The molecular formula is C24H28N4O3. The van der Waals surface area contributed by atoms with E-state index in [4.69, 9.17) is 9.47 Å². The maximum absolute atomic E-state index is 13.1. The lowest BCUT2D eigenvalue weighted by Crippen LogP contribution is -2.28. The van der Waals surface area contributed by atoms with Crippen molar-refractivity contribution in [3.05, 3.63) is 65.5 Å². The minimum absolute atomic E-state index is 0.219. The molecule has 2 aromatic carbocycles. The maximum atomic E-state index is 13.1. The van der Waals surface area contributed by atoms with E-state index in [0.29, 0.717) is 36.3 Å². The number of nitrogens with zero attached hydrogens (tertiary/aromatic N) is 3. The standard InChI is InChI=1S/C24H28N4O3/c1-4-30-20-14-13-18(15-21(20)31-5-2)16(3)25-24(29)22-23(17-11-12-17)28(27-26-22)19-9-7-6-8-10-19/h6-10,13-17H,4-5,11-12H2,1-3H3,(H,25,29). The minimum Gasteiger partial charge on any atom is -0.490 e. The van der Waals surface area contributed by atoms with E-state index in [9.17, 15) is 4.79 Å². The van der Waals surface area contributed by atoms with E-state index >= 15 is 0 Å². The molecule has 31 heavy (non-hydrogen) atoms. The van der Waals surface area contributed by atoms with Gasteiger partial charge < -0.3 is 14.8 Å². The Labute approximate surface area is 182 Å². The van der Waals surface area contributed by atoms with Crippen LogP contribution in [0.1, 0.15) is 67.3 Å². The van der Waals surface area contributed by atoms with Gasteiger partial charge in [-0.1, -0.05) is 29.5 Å². The molecule has 7 heteroatoms. The molecule has 1 heterocycles. The van der Waals surface area contributed by atoms with Crippen molar-refractivity contribution in [2.45, 2.75) is 45.6 Å². The number of benzene rings is 2. The Hall–Kier alpha value is -3.35. The first-order chi connectivity index (χ1) is 15.1. The minimum atomic E-state index is -0.226. The molecule has 1 N–H and O–H groups in total. The molecule has 1 aliphatic rings. The molecular weight excluding hydrogens is 392 g/mol. The fourth-order valence-corrected chi connectivity index (χ4v) is 3.62. The summed E-state index contributed by atoms with van der Waals surface area (Å²) in [6, 6.07) is 15.3. The van der Waals surface area contributed by atoms with E-state index in [1.165, 1.54) is 0 Å². The topological polar surface area (TPSA) is 78.3 Å². The molecule has 1 amide bonds. The van der Waals surface area contributed by atoms with E-state index < -0.39 is 0 Å². The largest absolute Gasteiger partial charge is 0.490 e. The predicted octanol–water partition coefficient (Wildman–Crippen LogP) is 4.43. The molecule has 1 aromatic heterocycles. The third-order valence-electron chi connectivity index (χ3n) is 5.30. The predicted molar refractivity (Wildman–Crippen MR) is 118 cm³/mol. The van der Waals surface area contributed by atoms with Crippen molar-refractivity contribution in [2.24, 2.45) is 0 Å². The number of hydrogen-bond acceptors (Lipinski definition) is 5. The average molecular weight is 421 g/mol. The maximum Gasteiger partial charge on any atom is 0.274 e. The van der Waals surface area contributed by atoms with Gasteiger partial charge in [0.25, 0.3) is 5.91 Å². The van der Waals surface area contributed by atoms with Gasteiger partial charge in [-0.25, -0.2) is 4.68 Å². The zero-order valence-electron chi connectivity index (χ0n) is 18.2. The van der Waals surface area contributed by atoms with Crippen molar-refractivity contribution in [3.8, 4) is 17.2 Å². The first kappa shape index (κ1) is 20.9. The van der Waals surface area contributed by atoms with Gasteiger partial charge in [-0.3, -0.25) is 4.79 Å². The Morgan fingerprint density at radius 1 is 1.10 bits per heavy atom. The number of ether oxygens (including phenoxy) is 2. The molecule has 1 aliphatic carbocycles. The van der Waals surface area contributed by atoms with Gasteiger partial charge in [0.2, 0.25) is 0 Å². The summed E-state index contributed by atoms with van der Waals surface area (Å²) in [5, 5.41) is 11.6. The van der Waals surface area contributed by atoms with E-state index in [0.717, 1.165) is 29.8 Å². The molecule has 1 saturated carbocycles. The fourth-order valence-electron chi connectivity index (χ4n) is 3.62. The highest BCUT2D eigenvalue weighted by Gasteiger charge is 2.34. The Morgan fingerprint density at radius 3 is 2.48 bits per heavy atom. The lowest BCUT2D eigenvalue weighted by atomic mass is 10.1. The van der Waals surface area contributed by atoms with E-state index in [-0.39, 0.29) is 11.9 Å². The lowest BCUT2D eigenvalue weighted by molar-refractivity contribution is 0.0933. The number of carbonyl (C=O) groups excluding carboxylic acids is 1. The van der Waals surface area contributed by atoms with Crippen LogP contribution in [0, 0.1) is 0 Å². The number of rotatable bonds is 9. The van der Waals surface area contributed by atoms with Crippen LogP contribution < -0.4 is 14.8 Å². The molecule has 4 rings (SSSR count). The molecule has 0 aliphatic heterocycles. The van der Waals surface area contributed by atoms with E-state index in [1.807, 2.05) is 69.3 Å². The van der Waals surface area contributed by atoms with Crippen LogP contribution in [0.2, 0.25) is 0 Å². The van der Waals surface area contributed by atoms with Crippen LogP contribution in [0.3, 0.4) is 0 Å². The Morgan fingerprint density at radius 2 is 1.81 bits per heavy atom. The van der Waals surface area contributed by atoms with Gasteiger partial charge in [-0.2, -0.15) is 0 Å². The Balaban J connectivity index is 1.56. The molecule has 0 radical (unpaired) electrons. The summed E-state index contributed by atoms with van der Waals surface area (Å²) < 4.78 is 13.1. The van der Waals surface area contributed by atoms with E-state index in [1.54, 1.807) is 4.68 Å². The third kappa shape index (κ3) is 4.55. The molecule has 1 atom stereocenters. The number of carbonyl (C=O) groups is 1. The number of para-hydroxylation sites is 1. The highest BCUT2D eigenvalue weighted by Crippen LogP contribution is 2.42. The number of hydrogen-bond donors (Lipinski definition) is 1. The zero-order valence-corrected chi connectivity index (χ0v) is 18.2. The summed E-state index contributed by atoms with van der Waals surface area (Å²) in [6.07, 6.45) is 2.10. The third-order valence-corrected chi connectivity index (χ3v) is 5.30. The van der Waals surface area contributed by atoms with Gasteiger partial charge in [0.05, 0.1) is 30.6 Å². The number of aromatic nitrogens is 3. The smallest absolute Gasteiger partial charge is 0.274 e. The van der Waals surface area contributed by atoms with Crippen molar-refractivity contribution < 1.29 is 14.3 Å². The lowest BCUT2D eigenvalue weighted by Gasteiger charge is -2.17. The first-order valence-corrected chi connectivity index (χ1v) is 10.8. The van der Waals surface area contributed by atoms with Crippen molar-refractivity contribution in [3.63, 3.8) is 0 Å². The molecule has 162 valence electrons. The quantitative estimate of drug-likeness (QED) is 0.554. The second kappa shape index (κ2) is 9.20. The van der Waals surface area contributed by atoms with Gasteiger partial charge in [0, 0.05) is 5.92 Å². The van der Waals surface area contributed by atoms with Crippen LogP contribution in [0.4, 0.5) is 0 Å². The van der Waals surface area contributed by atoms with Gasteiger partial charge in [0.1, 0.15) is 0 Å². The second-order valence-electron chi connectivity index (χ2n) is 7.61. The summed E-state index contributed by atoms with van der Waals surface area (Å²) in [4.78, 5) is 13.1. The summed E-state index contributed by atoms with van der Waals surface area (Å²) in [6.45, 7) is 6.92. The van der Waals surface area contributed by atoms with Crippen LogP contribution >= 0.6 is 0 Å². The zero-order chi connectivity index (χ0) is 21.8. The van der Waals surface area contributed by atoms with Gasteiger partial charge in [0.15, 0.2) is 17.2 Å². The van der Waals surface area contributed by atoms with Crippen molar-refractivity contribution in [1.82, 2.24) is 20.3 Å². The van der Waals surface area contributed by atoms with Crippen LogP contribution in [0.5, 0.6) is 11.5 Å². The average Bonchev–Trinajstić information content (AvgIpc) is 3.53. The fraction of sp³-hybridized carbons (Fsp3) is 0.375. The number of nitrogens with one attached hydrogen (secondary N) is 1. The molecule has 3 aromatic rings. The molecule has 0 spiro atoms. The van der Waals surface area contributed by atoms with Crippen molar-refractivity contribution in [2.75, 3.05) is 13.2 Å². The molecule has 1 unspecified atom stereocenters. The van der Waals surface area contributed by atoms with Crippen LogP contribution in [-0.2, 0) is 0 Å². The van der Waals surface area contributed by atoms with Crippen molar-refractivity contribution >= 4 is 5.91 Å². The first-order valence-electron chi connectivity index (χ1n) is 10.8. The monoisotopic (exact) mass is 420 g/mol. The Kier molecular flexibility index (Phi) is 6.21. The summed E-state index contributed by atoms with van der Waals surface area (Å²) >= 11 is 0. The van der Waals surface area contributed by atoms with Crippen LogP contribution in [0.25, 0.3) is 5.69 Å². The summed E-state index contributed by atoms with van der Waals surface area (Å²) in [5.74, 6) is 1.48. The highest BCUT2D eigenvalue weighted by atomic mass is 16.5. The molecule has 0 bridgehead atoms. The van der Waals surface area contributed by atoms with Crippen LogP contribution in [0.15, 0.2) is 48.5 Å². The van der Waals surface area contributed by atoms with Gasteiger partial charge in [-0.15, -0.1) is 5.10 Å². The SMILES string of the molecule is CCOc1ccc(C(C)NC(=O)c2nnn(-c3ccccc3)c2C2CC2)cc1OCC. The molecule has 1 fully saturated rings. The van der Waals surface area contributed by atoms with Gasteiger partial charge >= 0.3 is 0 Å².